The number of sulfonamides is 1. The zero-order chi connectivity index (χ0) is 34.9. The van der Waals surface area contributed by atoms with E-state index in [-0.39, 0.29) is 27.7 Å². The number of rotatable bonds is 9. The van der Waals surface area contributed by atoms with E-state index >= 15 is 0 Å². The van der Waals surface area contributed by atoms with Gasteiger partial charge in [0.15, 0.2) is 8.32 Å². The van der Waals surface area contributed by atoms with E-state index in [0.717, 1.165) is 48.9 Å². The third-order valence-corrected chi connectivity index (χ3v) is 19.5. The summed E-state index contributed by atoms with van der Waals surface area (Å²) in [7, 11) is -5.60. The topological polar surface area (TPSA) is 67.4 Å². The Balaban J connectivity index is 1.33. The first-order valence-corrected chi connectivity index (χ1v) is 23.0. The molecule has 4 aliphatic rings. The lowest BCUT2D eigenvalue weighted by molar-refractivity contribution is -0.0298. The molecule has 0 amide bonds. The maximum Gasteiger partial charge on any atom is 0.257 e. The molecule has 0 bridgehead atoms. The van der Waals surface area contributed by atoms with Crippen LogP contribution >= 0.6 is 0 Å². The number of benzene rings is 1. The summed E-state index contributed by atoms with van der Waals surface area (Å²) in [6.45, 7) is 29.5. The van der Waals surface area contributed by atoms with E-state index in [1.165, 1.54) is 18.4 Å². The standard InChI is InChI=1S/C40H66N2O3SSi/c1-25(2)28-22-32(26(3)4)37(33(23-28)27(5)6)46(43,44)42-41-36-17-16-34-31-15-14-29-24-30(45-47(12,13)38(7,8)9)18-20-39(29,10)35(31)19-21-40(34,36)11/h14,17,22-23,25-27,30-31,34-35,41-42H,15-16,18-21,24H2,1-13H3/t30-,31?,34?,35?,39-,40-/m0/s1. The molecule has 7 heteroatoms. The fraction of sp³-hybridized carbons (Fsp3) is 0.750. The van der Waals surface area contributed by atoms with Crippen LogP contribution in [0.3, 0.4) is 0 Å². The first kappa shape index (κ1) is 36.9. The van der Waals surface area contributed by atoms with Crippen molar-refractivity contribution in [2.45, 2.75) is 168 Å². The van der Waals surface area contributed by atoms with Crippen molar-refractivity contribution in [3.05, 3.63) is 52.2 Å². The number of hydrogen-bond acceptors (Lipinski definition) is 4. The van der Waals surface area contributed by atoms with Crippen molar-refractivity contribution in [3.8, 4) is 0 Å². The van der Waals surface area contributed by atoms with Gasteiger partial charge in [-0.3, -0.25) is 0 Å². The molecule has 2 saturated carbocycles. The van der Waals surface area contributed by atoms with Crippen molar-refractivity contribution in [2.75, 3.05) is 0 Å². The van der Waals surface area contributed by atoms with Crippen LogP contribution in [-0.2, 0) is 14.4 Å². The second-order valence-corrected chi connectivity index (χ2v) is 24.9. The van der Waals surface area contributed by atoms with Crippen molar-refractivity contribution in [2.24, 2.45) is 28.6 Å². The fourth-order valence-corrected chi connectivity index (χ4v) is 12.4. The highest BCUT2D eigenvalue weighted by Crippen LogP contribution is 2.65. The third kappa shape index (κ3) is 6.61. The number of hydrazine groups is 1. The van der Waals surface area contributed by atoms with E-state index in [1.54, 1.807) is 5.57 Å². The Hall–Kier alpha value is -1.41. The van der Waals surface area contributed by atoms with Gasteiger partial charge in [-0.2, -0.15) is 0 Å². The maximum absolute atomic E-state index is 14.2. The molecule has 4 aliphatic carbocycles. The van der Waals surface area contributed by atoms with Crippen LogP contribution in [0.2, 0.25) is 18.1 Å². The van der Waals surface area contributed by atoms with Gasteiger partial charge in [0, 0.05) is 17.2 Å². The van der Waals surface area contributed by atoms with Crippen LogP contribution in [0.1, 0.15) is 156 Å². The number of hydrogen-bond donors (Lipinski definition) is 2. The molecule has 0 radical (unpaired) electrons. The van der Waals surface area contributed by atoms with Crippen LogP contribution in [0, 0.1) is 28.6 Å². The average molecular weight is 683 g/mol. The summed E-state index contributed by atoms with van der Waals surface area (Å²) in [5, 5.41) is 0.231. The smallest absolute Gasteiger partial charge is 0.257 e. The minimum absolute atomic E-state index is 0.0582. The number of fused-ring (bicyclic) bond motifs is 5. The Kier molecular flexibility index (Phi) is 9.98. The molecule has 264 valence electrons. The molecule has 0 aliphatic heterocycles. The van der Waals surface area contributed by atoms with Gasteiger partial charge in [0.2, 0.25) is 0 Å². The Morgan fingerprint density at radius 3 is 2.00 bits per heavy atom. The molecular formula is C40H66N2O3SSi. The zero-order valence-electron chi connectivity index (χ0n) is 31.9. The van der Waals surface area contributed by atoms with Crippen LogP contribution in [0.15, 0.2) is 40.5 Å². The molecule has 2 fully saturated rings. The minimum Gasteiger partial charge on any atom is -0.414 e. The van der Waals surface area contributed by atoms with E-state index < -0.39 is 18.3 Å². The molecule has 47 heavy (non-hydrogen) atoms. The summed E-state index contributed by atoms with van der Waals surface area (Å²) >= 11 is 0. The molecule has 1 aromatic carbocycles. The molecule has 6 atom stereocenters. The van der Waals surface area contributed by atoms with Crippen molar-refractivity contribution in [3.63, 3.8) is 0 Å². The summed E-state index contributed by atoms with van der Waals surface area (Å²) in [5.41, 5.74) is 9.24. The van der Waals surface area contributed by atoms with Gasteiger partial charge in [0.1, 0.15) is 0 Å². The van der Waals surface area contributed by atoms with Gasteiger partial charge in [-0.15, -0.1) is 4.83 Å². The van der Waals surface area contributed by atoms with E-state index in [1.807, 2.05) is 0 Å². The maximum atomic E-state index is 14.2. The lowest BCUT2D eigenvalue weighted by atomic mass is 9.48. The van der Waals surface area contributed by atoms with Crippen LogP contribution in [0.25, 0.3) is 0 Å². The Bertz CT molecular complexity index is 1490. The summed E-state index contributed by atoms with van der Waals surface area (Å²) in [4.78, 5) is 3.36. The quantitative estimate of drug-likeness (QED) is 0.155. The van der Waals surface area contributed by atoms with E-state index in [9.17, 15) is 8.42 Å². The van der Waals surface area contributed by atoms with Crippen molar-refractivity contribution in [1.29, 1.82) is 0 Å². The van der Waals surface area contributed by atoms with Gasteiger partial charge in [0.05, 0.1) is 4.90 Å². The third-order valence-electron chi connectivity index (χ3n) is 13.6. The Morgan fingerprint density at radius 2 is 1.45 bits per heavy atom. The molecule has 0 heterocycles. The first-order chi connectivity index (χ1) is 21.6. The first-order valence-electron chi connectivity index (χ1n) is 18.7. The summed E-state index contributed by atoms with van der Waals surface area (Å²) in [6, 6.07) is 4.23. The fourth-order valence-electron chi connectivity index (χ4n) is 9.46. The monoisotopic (exact) mass is 682 g/mol. The molecule has 0 aromatic heterocycles. The molecular weight excluding hydrogens is 617 g/mol. The minimum atomic E-state index is -3.80. The SMILES string of the molecule is CC(C)c1cc(C(C)C)c(S(=O)(=O)NNC2=CCC3C4CC=C5C[C@@H](O[Si](C)(C)C(C)(C)C)CC[C@]5(C)C4CC[C@]23C)c(C(C)C)c1. The Morgan fingerprint density at radius 1 is 0.851 bits per heavy atom. The van der Waals surface area contributed by atoms with Crippen LogP contribution in [-0.4, -0.2) is 22.8 Å². The van der Waals surface area contributed by atoms with Crippen LogP contribution in [0.4, 0.5) is 0 Å². The molecule has 5 nitrogen and oxygen atoms in total. The predicted molar refractivity (Wildman–Crippen MR) is 199 cm³/mol. The highest BCUT2D eigenvalue weighted by molar-refractivity contribution is 7.89. The Labute approximate surface area is 289 Å². The summed E-state index contributed by atoms with van der Waals surface area (Å²) < 4.78 is 35.3. The van der Waals surface area contributed by atoms with Gasteiger partial charge in [-0.05, 0) is 121 Å². The van der Waals surface area contributed by atoms with Crippen molar-refractivity contribution in [1.82, 2.24) is 10.3 Å². The largest absolute Gasteiger partial charge is 0.414 e. The van der Waals surface area contributed by atoms with Crippen molar-refractivity contribution < 1.29 is 12.8 Å². The lowest BCUT2D eigenvalue weighted by Gasteiger charge is -2.58. The van der Waals surface area contributed by atoms with E-state index in [4.69, 9.17) is 4.43 Å². The van der Waals surface area contributed by atoms with Gasteiger partial charge in [-0.1, -0.05) is 106 Å². The van der Waals surface area contributed by atoms with Crippen LogP contribution < -0.4 is 10.3 Å². The normalized spacial score (nSPS) is 31.4. The molecule has 1 aromatic rings. The number of nitrogens with one attached hydrogen (secondary N) is 2. The van der Waals surface area contributed by atoms with Crippen LogP contribution in [0.5, 0.6) is 0 Å². The molecule has 0 saturated heterocycles. The molecule has 5 rings (SSSR count). The van der Waals surface area contributed by atoms with Gasteiger partial charge in [0.25, 0.3) is 10.0 Å². The van der Waals surface area contributed by atoms with E-state index in [0.29, 0.717) is 34.7 Å². The summed E-state index contributed by atoms with van der Waals surface area (Å²) in [5.74, 6) is 2.35. The molecule has 2 N–H and O–H groups in total. The second-order valence-electron chi connectivity index (χ2n) is 18.5. The average Bonchev–Trinajstić information content (AvgIpc) is 3.31. The highest BCUT2D eigenvalue weighted by Gasteiger charge is 2.57. The van der Waals surface area contributed by atoms with Gasteiger partial charge < -0.3 is 9.85 Å². The second kappa shape index (κ2) is 12.7. The number of allylic oxidation sites excluding steroid dienone is 3. The van der Waals surface area contributed by atoms with Gasteiger partial charge in [-0.25, -0.2) is 8.42 Å². The highest BCUT2D eigenvalue weighted by atomic mass is 32.2. The zero-order valence-corrected chi connectivity index (χ0v) is 33.8. The summed E-state index contributed by atoms with van der Waals surface area (Å²) in [6.07, 6.45) is 13.1. The van der Waals surface area contributed by atoms with E-state index in [2.05, 4.69) is 124 Å². The lowest BCUT2D eigenvalue weighted by Crippen LogP contribution is -2.52. The van der Waals surface area contributed by atoms with Gasteiger partial charge >= 0.3 is 0 Å². The van der Waals surface area contributed by atoms with Crippen molar-refractivity contribution >= 4 is 18.3 Å². The predicted octanol–water partition coefficient (Wildman–Crippen LogP) is 10.7. The molecule has 0 spiro atoms. The molecule has 3 unspecified atom stereocenters.